The lowest BCUT2D eigenvalue weighted by Gasteiger charge is -2.57. The number of amides is 1. The van der Waals surface area contributed by atoms with E-state index in [-0.39, 0.29) is 5.60 Å². The van der Waals surface area contributed by atoms with Gasteiger partial charge in [0.15, 0.2) is 0 Å². The van der Waals surface area contributed by atoms with Crippen molar-refractivity contribution >= 4 is 5.91 Å². The number of hydrogen-bond donors (Lipinski definition) is 2. The van der Waals surface area contributed by atoms with Crippen LogP contribution >= 0.6 is 0 Å². The molecule has 6 heteroatoms. The van der Waals surface area contributed by atoms with Crippen LogP contribution in [0.5, 0.6) is 0 Å². The minimum atomic E-state index is -0.503. The quantitative estimate of drug-likeness (QED) is 0.648. The first-order chi connectivity index (χ1) is 12.1. The predicted molar refractivity (Wildman–Crippen MR) is 90.1 cm³/mol. The molecular weight excluding hydrogens is 318 g/mol. The second-order valence-corrected chi connectivity index (χ2v) is 8.50. The highest BCUT2D eigenvalue weighted by atomic mass is 16.5. The van der Waals surface area contributed by atoms with Crippen LogP contribution in [0.1, 0.15) is 53.7 Å². The Balaban J connectivity index is 1.33. The van der Waals surface area contributed by atoms with E-state index in [4.69, 9.17) is 9.94 Å². The largest absolute Gasteiger partial charge is 0.370 e. The summed E-state index contributed by atoms with van der Waals surface area (Å²) < 4.78 is 6.53. The summed E-state index contributed by atoms with van der Waals surface area (Å²) in [6.07, 6.45) is 9.32. The smallest absolute Gasteiger partial charge is 0.276 e. The molecule has 2 saturated heterocycles. The number of nitrogens with zero attached hydrogens (tertiary/aromatic N) is 2. The van der Waals surface area contributed by atoms with Crippen LogP contribution < -0.4 is 5.48 Å². The number of pyridine rings is 1. The lowest BCUT2D eigenvalue weighted by Crippen LogP contribution is -2.59. The average molecular weight is 343 g/mol. The van der Waals surface area contributed by atoms with Crippen LogP contribution in [-0.2, 0) is 17.7 Å². The molecule has 3 aliphatic heterocycles. The van der Waals surface area contributed by atoms with Crippen molar-refractivity contribution in [2.45, 2.75) is 56.8 Å². The molecule has 6 rings (SSSR count). The summed E-state index contributed by atoms with van der Waals surface area (Å²) in [4.78, 5) is 18.5. The van der Waals surface area contributed by atoms with Crippen LogP contribution in [-0.4, -0.2) is 45.8 Å². The van der Waals surface area contributed by atoms with Crippen molar-refractivity contribution in [3.05, 3.63) is 29.1 Å². The molecule has 6 nitrogen and oxygen atoms in total. The Labute approximate surface area is 147 Å². The molecule has 1 aromatic heterocycles. The van der Waals surface area contributed by atoms with E-state index in [0.717, 1.165) is 49.1 Å². The van der Waals surface area contributed by atoms with E-state index < -0.39 is 5.91 Å². The molecule has 2 unspecified atom stereocenters. The first kappa shape index (κ1) is 15.7. The van der Waals surface area contributed by atoms with Crippen LogP contribution in [0.2, 0.25) is 0 Å². The number of hydroxylamine groups is 1. The molecule has 4 bridgehead atoms. The molecule has 1 amide bonds. The molecule has 1 aromatic rings. The summed E-state index contributed by atoms with van der Waals surface area (Å²) >= 11 is 0. The third-order valence-corrected chi connectivity index (χ3v) is 6.59. The molecule has 134 valence electrons. The summed E-state index contributed by atoms with van der Waals surface area (Å²) in [6, 6.07) is 1.86. The Hall–Kier alpha value is -1.50. The number of carbonyl (C=O) groups is 1. The van der Waals surface area contributed by atoms with Gasteiger partial charge in [-0.3, -0.25) is 19.9 Å². The van der Waals surface area contributed by atoms with Crippen molar-refractivity contribution in [3.63, 3.8) is 0 Å². The molecule has 25 heavy (non-hydrogen) atoms. The van der Waals surface area contributed by atoms with E-state index >= 15 is 0 Å². The molecule has 2 aliphatic carbocycles. The zero-order valence-electron chi connectivity index (χ0n) is 14.4. The Morgan fingerprint density at radius 1 is 1.36 bits per heavy atom. The number of rotatable bonds is 3. The van der Waals surface area contributed by atoms with Crippen molar-refractivity contribution in [1.29, 1.82) is 0 Å². The molecule has 4 fully saturated rings. The van der Waals surface area contributed by atoms with Crippen molar-refractivity contribution in [2.75, 3.05) is 13.1 Å². The topological polar surface area (TPSA) is 74.7 Å². The summed E-state index contributed by atoms with van der Waals surface area (Å²) in [5.41, 5.74) is 4.32. The van der Waals surface area contributed by atoms with E-state index in [2.05, 4.69) is 9.88 Å². The molecular formula is C19H25N3O3. The Kier molecular flexibility index (Phi) is 3.62. The molecule has 2 atom stereocenters. The summed E-state index contributed by atoms with van der Waals surface area (Å²) in [5.74, 6) is 1.23. The normalized spacial score (nSPS) is 36.3. The maximum atomic E-state index is 11.6. The van der Waals surface area contributed by atoms with Gasteiger partial charge in [-0.15, -0.1) is 0 Å². The maximum Gasteiger partial charge on any atom is 0.276 e. The minimum absolute atomic E-state index is 0.0553. The summed E-state index contributed by atoms with van der Waals surface area (Å²) in [5, 5.41) is 8.83. The Morgan fingerprint density at radius 3 is 2.88 bits per heavy atom. The third-order valence-electron chi connectivity index (χ3n) is 6.59. The molecule has 0 radical (unpaired) electrons. The maximum absolute atomic E-state index is 11.6. The molecule has 2 N–H and O–H groups in total. The number of nitrogens with one attached hydrogen (secondary N) is 1. The third kappa shape index (κ3) is 2.76. The zero-order chi connectivity index (χ0) is 17.0. The minimum Gasteiger partial charge on any atom is -0.370 e. The van der Waals surface area contributed by atoms with Gasteiger partial charge >= 0.3 is 0 Å². The van der Waals surface area contributed by atoms with Crippen LogP contribution in [0.15, 0.2) is 12.3 Å². The summed E-state index contributed by atoms with van der Waals surface area (Å²) in [6.45, 7) is 2.79. The van der Waals surface area contributed by atoms with Gasteiger partial charge in [0.1, 0.15) is 0 Å². The van der Waals surface area contributed by atoms with E-state index in [0.29, 0.717) is 11.7 Å². The molecule has 4 heterocycles. The fraction of sp³-hybridized carbons (Fsp3) is 0.684. The van der Waals surface area contributed by atoms with E-state index in [1.54, 1.807) is 11.7 Å². The van der Waals surface area contributed by atoms with Gasteiger partial charge in [0.05, 0.1) is 17.3 Å². The van der Waals surface area contributed by atoms with Gasteiger partial charge in [-0.25, -0.2) is 5.48 Å². The van der Waals surface area contributed by atoms with Crippen LogP contribution in [0.25, 0.3) is 0 Å². The first-order valence-electron chi connectivity index (χ1n) is 9.45. The van der Waals surface area contributed by atoms with E-state index in [1.165, 1.54) is 32.1 Å². The first-order valence-corrected chi connectivity index (χ1v) is 9.45. The highest BCUT2D eigenvalue weighted by molar-refractivity contribution is 5.93. The van der Waals surface area contributed by atoms with Crippen molar-refractivity contribution < 1.29 is 14.7 Å². The number of aromatic nitrogens is 1. The fourth-order valence-electron chi connectivity index (χ4n) is 5.90. The van der Waals surface area contributed by atoms with Gasteiger partial charge in [-0.1, -0.05) is 0 Å². The van der Waals surface area contributed by atoms with Gasteiger partial charge < -0.3 is 4.74 Å². The molecule has 0 spiro atoms. The van der Waals surface area contributed by atoms with E-state index in [9.17, 15) is 4.79 Å². The SMILES string of the molecule is O=C(NO)c1cnc2c(c1)CN(CC13CC4CC(CC(C4)O1)C3)CC2. The Morgan fingerprint density at radius 2 is 2.16 bits per heavy atom. The molecule has 5 aliphatic rings. The number of carbonyl (C=O) groups excluding carboxylic acids is 1. The fourth-order valence-corrected chi connectivity index (χ4v) is 5.90. The Bertz CT molecular complexity index is 670. The zero-order valence-corrected chi connectivity index (χ0v) is 14.4. The highest BCUT2D eigenvalue weighted by Crippen LogP contribution is 2.53. The lowest BCUT2D eigenvalue weighted by atomic mass is 9.62. The standard InChI is InChI=1S/C19H25N3O3/c23-18(21-24)14-6-15-10-22(2-1-17(15)20-9-14)11-19-7-12-3-13(8-19)5-16(4-12)25-19/h6,9,12-13,16,24H,1-5,7-8,10-11H2,(H,21,23). The number of ether oxygens (including phenoxy) is 1. The molecule has 2 saturated carbocycles. The van der Waals surface area contributed by atoms with E-state index in [1.807, 2.05) is 6.07 Å². The van der Waals surface area contributed by atoms with Crippen LogP contribution in [0, 0.1) is 11.8 Å². The van der Waals surface area contributed by atoms with Gasteiger partial charge in [0, 0.05) is 37.9 Å². The van der Waals surface area contributed by atoms with Gasteiger partial charge in [0.25, 0.3) is 5.91 Å². The average Bonchev–Trinajstić information content (AvgIpc) is 2.59. The second kappa shape index (κ2) is 5.76. The van der Waals surface area contributed by atoms with Gasteiger partial charge in [0.2, 0.25) is 0 Å². The van der Waals surface area contributed by atoms with Crippen molar-refractivity contribution in [2.24, 2.45) is 11.8 Å². The van der Waals surface area contributed by atoms with Crippen LogP contribution in [0.3, 0.4) is 0 Å². The van der Waals surface area contributed by atoms with Crippen LogP contribution in [0.4, 0.5) is 0 Å². The monoisotopic (exact) mass is 343 g/mol. The predicted octanol–water partition coefficient (Wildman–Crippen LogP) is 1.91. The van der Waals surface area contributed by atoms with Gasteiger partial charge in [-0.2, -0.15) is 0 Å². The second-order valence-electron chi connectivity index (χ2n) is 8.50. The van der Waals surface area contributed by atoms with Gasteiger partial charge in [-0.05, 0) is 55.6 Å². The lowest BCUT2D eigenvalue weighted by molar-refractivity contribution is -0.226. The summed E-state index contributed by atoms with van der Waals surface area (Å²) in [7, 11) is 0. The van der Waals surface area contributed by atoms with Crippen molar-refractivity contribution in [3.8, 4) is 0 Å². The molecule has 0 aromatic carbocycles. The number of hydrogen-bond acceptors (Lipinski definition) is 5. The highest BCUT2D eigenvalue weighted by Gasteiger charge is 2.52. The van der Waals surface area contributed by atoms with Crippen molar-refractivity contribution in [1.82, 2.24) is 15.4 Å². The number of fused-ring (bicyclic) bond motifs is 1.